The maximum Gasteiger partial charge on any atom is 0.269 e. The molecule has 23 heavy (non-hydrogen) atoms. The minimum Gasteiger partial charge on any atom is -0.481 e. The fraction of sp³-hybridized carbons (Fsp3) is 0.133. The molecular weight excluding hydrogens is 327 g/mol. The van der Waals surface area contributed by atoms with Gasteiger partial charge in [-0.2, -0.15) is 0 Å². The molecule has 8 heteroatoms. The molecule has 1 amide bonds. The van der Waals surface area contributed by atoms with E-state index in [-0.39, 0.29) is 10.7 Å². The molecule has 0 aliphatic carbocycles. The third kappa shape index (κ3) is 4.40. The van der Waals surface area contributed by atoms with Gasteiger partial charge in [-0.1, -0.05) is 11.6 Å². The van der Waals surface area contributed by atoms with Crippen LogP contribution in [0, 0.1) is 15.9 Å². The van der Waals surface area contributed by atoms with E-state index in [2.05, 4.69) is 5.32 Å². The molecule has 0 heterocycles. The summed E-state index contributed by atoms with van der Waals surface area (Å²) in [5.74, 6) is -0.735. The van der Waals surface area contributed by atoms with Crippen LogP contribution in [-0.2, 0) is 4.79 Å². The standard InChI is InChI=1S/C15H12ClFN2O4/c1-9(23-12-5-3-11(4-6-12)19(21)22)15(20)18-10-2-7-14(17)13(16)8-10/h2-9H,1H3,(H,18,20)/t9-/m0/s1. The molecule has 0 unspecified atom stereocenters. The molecule has 0 bridgehead atoms. The number of ether oxygens (including phenoxy) is 1. The van der Waals surface area contributed by atoms with Crippen LogP contribution in [0.2, 0.25) is 5.02 Å². The van der Waals surface area contributed by atoms with Crippen LogP contribution in [0.3, 0.4) is 0 Å². The zero-order chi connectivity index (χ0) is 17.0. The van der Waals surface area contributed by atoms with E-state index < -0.39 is 22.8 Å². The number of nitrogens with zero attached hydrogens (tertiary/aromatic N) is 1. The third-order valence-corrected chi connectivity index (χ3v) is 3.21. The molecule has 1 N–H and O–H groups in total. The summed E-state index contributed by atoms with van der Waals surface area (Å²) < 4.78 is 18.4. The molecule has 2 aromatic rings. The van der Waals surface area contributed by atoms with Crippen LogP contribution in [0.1, 0.15) is 6.92 Å². The molecule has 0 saturated heterocycles. The van der Waals surface area contributed by atoms with Crippen molar-refractivity contribution in [1.29, 1.82) is 0 Å². The molecule has 0 aliphatic heterocycles. The number of nitro benzene ring substituents is 1. The minimum absolute atomic E-state index is 0.0737. The number of hydrogen-bond donors (Lipinski definition) is 1. The zero-order valence-corrected chi connectivity index (χ0v) is 12.7. The van der Waals surface area contributed by atoms with Crippen molar-refractivity contribution < 1.29 is 18.8 Å². The number of carbonyl (C=O) groups excluding carboxylic acids is 1. The highest BCUT2D eigenvalue weighted by Crippen LogP contribution is 2.21. The maximum atomic E-state index is 13.1. The summed E-state index contributed by atoms with van der Waals surface area (Å²) in [6, 6.07) is 9.15. The van der Waals surface area contributed by atoms with Crippen molar-refractivity contribution in [1.82, 2.24) is 0 Å². The van der Waals surface area contributed by atoms with Crippen LogP contribution in [0.5, 0.6) is 5.75 Å². The Kier molecular flexibility index (Phi) is 5.13. The van der Waals surface area contributed by atoms with Crippen molar-refractivity contribution in [3.8, 4) is 5.75 Å². The van der Waals surface area contributed by atoms with Crippen molar-refractivity contribution in [2.75, 3.05) is 5.32 Å². The molecule has 0 saturated carbocycles. The average Bonchev–Trinajstić information content (AvgIpc) is 2.51. The normalized spacial score (nSPS) is 11.6. The van der Waals surface area contributed by atoms with Gasteiger partial charge >= 0.3 is 0 Å². The molecule has 0 spiro atoms. The van der Waals surface area contributed by atoms with Gasteiger partial charge in [-0.25, -0.2) is 4.39 Å². The number of nitro groups is 1. The first-order valence-electron chi connectivity index (χ1n) is 6.54. The number of hydrogen-bond acceptors (Lipinski definition) is 4. The van der Waals surface area contributed by atoms with Gasteiger partial charge in [0, 0.05) is 17.8 Å². The second-order valence-electron chi connectivity index (χ2n) is 4.63. The van der Waals surface area contributed by atoms with Crippen LogP contribution in [0.25, 0.3) is 0 Å². The van der Waals surface area contributed by atoms with Gasteiger partial charge in [0.1, 0.15) is 11.6 Å². The first-order valence-corrected chi connectivity index (χ1v) is 6.91. The first kappa shape index (κ1) is 16.7. The lowest BCUT2D eigenvalue weighted by Gasteiger charge is -2.14. The highest BCUT2D eigenvalue weighted by Gasteiger charge is 2.16. The van der Waals surface area contributed by atoms with Crippen LogP contribution < -0.4 is 10.1 Å². The predicted octanol–water partition coefficient (Wildman–Crippen LogP) is 3.79. The lowest BCUT2D eigenvalue weighted by atomic mass is 10.2. The van der Waals surface area contributed by atoms with E-state index in [4.69, 9.17) is 16.3 Å². The Hall–Kier alpha value is -2.67. The van der Waals surface area contributed by atoms with Crippen molar-refractivity contribution >= 4 is 28.9 Å². The lowest BCUT2D eigenvalue weighted by Crippen LogP contribution is -2.30. The Morgan fingerprint density at radius 1 is 1.30 bits per heavy atom. The molecule has 2 aromatic carbocycles. The molecule has 0 radical (unpaired) electrons. The topological polar surface area (TPSA) is 81.5 Å². The average molecular weight is 339 g/mol. The van der Waals surface area contributed by atoms with Gasteiger partial charge in [0.25, 0.3) is 11.6 Å². The third-order valence-electron chi connectivity index (χ3n) is 2.92. The van der Waals surface area contributed by atoms with E-state index in [0.29, 0.717) is 11.4 Å². The van der Waals surface area contributed by atoms with Gasteiger partial charge in [-0.15, -0.1) is 0 Å². The van der Waals surface area contributed by atoms with Gasteiger partial charge in [0.05, 0.1) is 9.95 Å². The fourth-order valence-corrected chi connectivity index (χ4v) is 1.90. The fourth-order valence-electron chi connectivity index (χ4n) is 1.72. The number of nitrogens with one attached hydrogen (secondary N) is 1. The van der Waals surface area contributed by atoms with E-state index in [9.17, 15) is 19.3 Å². The number of rotatable bonds is 5. The predicted molar refractivity (Wildman–Crippen MR) is 83.2 cm³/mol. The summed E-state index contributed by atoms with van der Waals surface area (Å²) in [6.07, 6.45) is -0.861. The quantitative estimate of drug-likeness (QED) is 0.664. The highest BCUT2D eigenvalue weighted by molar-refractivity contribution is 6.31. The van der Waals surface area contributed by atoms with Crippen molar-refractivity contribution in [3.05, 3.63) is 63.4 Å². The Labute approximate surface area is 136 Å². The number of halogens is 2. The van der Waals surface area contributed by atoms with Gasteiger partial charge in [0.15, 0.2) is 6.10 Å². The maximum absolute atomic E-state index is 13.1. The molecule has 0 fully saturated rings. The number of benzene rings is 2. The van der Waals surface area contributed by atoms with E-state index in [1.165, 1.54) is 43.3 Å². The summed E-state index contributed by atoms with van der Waals surface area (Å²) in [5.41, 5.74) is 0.260. The van der Waals surface area contributed by atoms with Crippen molar-refractivity contribution in [2.24, 2.45) is 0 Å². The molecule has 0 aliphatic rings. The van der Waals surface area contributed by atoms with E-state index in [1.54, 1.807) is 0 Å². The molecule has 0 aromatic heterocycles. The van der Waals surface area contributed by atoms with E-state index in [1.807, 2.05) is 0 Å². The summed E-state index contributed by atoms with van der Waals surface area (Å²) >= 11 is 5.63. The highest BCUT2D eigenvalue weighted by atomic mass is 35.5. The van der Waals surface area contributed by atoms with Crippen LogP contribution in [0.4, 0.5) is 15.8 Å². The Balaban J connectivity index is 1.99. The zero-order valence-electron chi connectivity index (χ0n) is 12.0. The molecule has 1 atom stereocenters. The Morgan fingerprint density at radius 3 is 2.52 bits per heavy atom. The summed E-state index contributed by atoms with van der Waals surface area (Å²) in [4.78, 5) is 22.0. The van der Waals surface area contributed by atoms with Crippen molar-refractivity contribution in [3.63, 3.8) is 0 Å². The summed E-state index contributed by atoms with van der Waals surface area (Å²) in [6.45, 7) is 1.52. The second-order valence-corrected chi connectivity index (χ2v) is 5.04. The van der Waals surface area contributed by atoms with Gasteiger partial charge < -0.3 is 10.1 Å². The SMILES string of the molecule is C[C@H](Oc1ccc([N+](=O)[O-])cc1)C(=O)Nc1ccc(F)c(Cl)c1. The number of amides is 1. The lowest BCUT2D eigenvalue weighted by molar-refractivity contribution is -0.384. The summed E-state index contributed by atoms with van der Waals surface area (Å²) in [7, 11) is 0. The molecule has 2 rings (SSSR count). The van der Waals surface area contributed by atoms with E-state index >= 15 is 0 Å². The molecular formula is C15H12ClFN2O4. The minimum atomic E-state index is -0.861. The van der Waals surface area contributed by atoms with Gasteiger partial charge in [-0.05, 0) is 37.3 Å². The Morgan fingerprint density at radius 2 is 1.96 bits per heavy atom. The van der Waals surface area contributed by atoms with Gasteiger partial charge in [-0.3, -0.25) is 14.9 Å². The van der Waals surface area contributed by atoms with Crippen LogP contribution in [0.15, 0.2) is 42.5 Å². The monoisotopic (exact) mass is 338 g/mol. The first-order chi connectivity index (χ1) is 10.9. The van der Waals surface area contributed by atoms with E-state index in [0.717, 1.165) is 6.07 Å². The Bertz CT molecular complexity index is 737. The number of non-ortho nitro benzene ring substituents is 1. The van der Waals surface area contributed by atoms with Crippen LogP contribution in [-0.4, -0.2) is 16.9 Å². The number of anilines is 1. The largest absolute Gasteiger partial charge is 0.481 e. The smallest absolute Gasteiger partial charge is 0.269 e. The van der Waals surface area contributed by atoms with Crippen molar-refractivity contribution in [2.45, 2.75) is 13.0 Å². The second kappa shape index (κ2) is 7.06. The molecule has 6 nitrogen and oxygen atoms in total. The molecule has 120 valence electrons. The summed E-state index contributed by atoms with van der Waals surface area (Å²) in [5, 5.41) is 13.0. The number of carbonyl (C=O) groups is 1. The van der Waals surface area contributed by atoms with Gasteiger partial charge in [0.2, 0.25) is 0 Å². The van der Waals surface area contributed by atoms with Crippen LogP contribution >= 0.6 is 11.6 Å².